The van der Waals surface area contributed by atoms with Crippen molar-refractivity contribution in [3.8, 4) is 22.5 Å². The zero-order valence-electron chi connectivity index (χ0n) is 20.7. The summed E-state index contributed by atoms with van der Waals surface area (Å²) in [5.74, 6) is -0.852. The molecule has 5 aromatic rings. The Labute approximate surface area is 224 Å². The number of hydrogen-bond acceptors (Lipinski definition) is 6. The molecule has 38 heavy (non-hydrogen) atoms. The molecule has 2 heterocycles. The minimum Gasteiger partial charge on any atom is -0.452 e. The van der Waals surface area contributed by atoms with Gasteiger partial charge in [-0.25, -0.2) is 19.7 Å². The second-order valence-corrected chi connectivity index (χ2v) is 9.28. The zero-order valence-corrected chi connectivity index (χ0v) is 21.5. The third-order valence-electron chi connectivity index (χ3n) is 5.88. The molecule has 7 nitrogen and oxygen atoms in total. The average Bonchev–Trinajstić information content (AvgIpc) is 2.93. The lowest BCUT2D eigenvalue weighted by molar-refractivity contribution is -0.119. The number of esters is 1. The number of aromatic nitrogens is 3. The van der Waals surface area contributed by atoms with Crippen molar-refractivity contribution in [2.24, 2.45) is 0 Å². The average molecular weight is 523 g/mol. The molecule has 188 valence electrons. The molecule has 0 bridgehead atoms. The summed E-state index contributed by atoms with van der Waals surface area (Å²) in [6.45, 7) is 3.60. The number of amides is 1. The summed E-state index contributed by atoms with van der Waals surface area (Å²) in [6, 6.07) is 24.3. The van der Waals surface area contributed by atoms with Crippen LogP contribution in [0.25, 0.3) is 33.5 Å². The van der Waals surface area contributed by atoms with Crippen LogP contribution in [0.2, 0.25) is 5.02 Å². The Morgan fingerprint density at radius 2 is 1.39 bits per heavy atom. The van der Waals surface area contributed by atoms with Gasteiger partial charge in [0.15, 0.2) is 6.61 Å². The van der Waals surface area contributed by atoms with E-state index in [2.05, 4.69) is 10.3 Å². The van der Waals surface area contributed by atoms with E-state index >= 15 is 0 Å². The van der Waals surface area contributed by atoms with E-state index in [0.29, 0.717) is 27.6 Å². The van der Waals surface area contributed by atoms with E-state index < -0.39 is 18.5 Å². The van der Waals surface area contributed by atoms with Crippen LogP contribution in [-0.2, 0) is 9.53 Å². The minimum absolute atomic E-state index is 0.266. The summed E-state index contributed by atoms with van der Waals surface area (Å²) in [5.41, 5.74) is 7.07. The number of carbonyl (C=O) groups excluding carboxylic acids is 2. The normalized spacial score (nSPS) is 10.8. The number of hydrogen-bond donors (Lipinski definition) is 1. The van der Waals surface area contributed by atoms with Crippen molar-refractivity contribution < 1.29 is 14.3 Å². The predicted octanol–water partition coefficient (Wildman–Crippen LogP) is 6.42. The van der Waals surface area contributed by atoms with Gasteiger partial charge in [-0.05, 0) is 44.2 Å². The number of nitrogens with one attached hydrogen (secondary N) is 1. The Morgan fingerprint density at radius 1 is 0.789 bits per heavy atom. The van der Waals surface area contributed by atoms with Crippen LogP contribution in [-0.4, -0.2) is 33.4 Å². The highest BCUT2D eigenvalue weighted by Gasteiger charge is 2.16. The molecule has 1 N–H and O–H groups in total. The third kappa shape index (κ3) is 5.68. The maximum absolute atomic E-state index is 12.7. The van der Waals surface area contributed by atoms with Gasteiger partial charge in [-0.2, -0.15) is 0 Å². The summed E-state index contributed by atoms with van der Waals surface area (Å²) in [7, 11) is 0. The monoisotopic (exact) mass is 522 g/mol. The fourth-order valence-corrected chi connectivity index (χ4v) is 3.96. The van der Waals surface area contributed by atoms with Crippen molar-refractivity contribution in [1.82, 2.24) is 15.0 Å². The van der Waals surface area contributed by atoms with Crippen LogP contribution >= 0.6 is 11.6 Å². The topological polar surface area (TPSA) is 94.1 Å². The Hall–Kier alpha value is -4.62. The summed E-state index contributed by atoms with van der Waals surface area (Å²) < 4.78 is 5.21. The smallest absolute Gasteiger partial charge is 0.338 e. The Kier molecular flexibility index (Phi) is 7.11. The molecule has 0 fully saturated rings. The van der Waals surface area contributed by atoms with Crippen molar-refractivity contribution in [2.75, 3.05) is 11.9 Å². The largest absolute Gasteiger partial charge is 0.452 e. The molecular formula is C30H23ClN4O3. The first-order valence-electron chi connectivity index (χ1n) is 11.9. The lowest BCUT2D eigenvalue weighted by Crippen LogP contribution is -2.21. The number of halogens is 1. The van der Waals surface area contributed by atoms with Crippen LogP contribution in [0.5, 0.6) is 0 Å². The maximum atomic E-state index is 12.7. The van der Waals surface area contributed by atoms with Crippen LogP contribution in [0.3, 0.4) is 0 Å². The first-order chi connectivity index (χ1) is 18.4. The maximum Gasteiger partial charge on any atom is 0.338 e. The van der Waals surface area contributed by atoms with Crippen molar-refractivity contribution >= 4 is 40.3 Å². The van der Waals surface area contributed by atoms with Crippen molar-refractivity contribution in [2.45, 2.75) is 13.8 Å². The van der Waals surface area contributed by atoms with Gasteiger partial charge < -0.3 is 10.1 Å². The van der Waals surface area contributed by atoms with E-state index in [0.717, 1.165) is 27.9 Å². The Balaban J connectivity index is 1.42. The number of pyridine rings is 1. The second kappa shape index (κ2) is 10.8. The van der Waals surface area contributed by atoms with Gasteiger partial charge in [-0.1, -0.05) is 71.3 Å². The van der Waals surface area contributed by atoms with E-state index in [1.807, 2.05) is 62.4 Å². The molecule has 0 atom stereocenters. The first kappa shape index (κ1) is 25.0. The molecular weight excluding hydrogens is 500 g/mol. The van der Waals surface area contributed by atoms with Crippen LogP contribution < -0.4 is 5.32 Å². The molecule has 1 amide bonds. The highest BCUT2D eigenvalue weighted by atomic mass is 35.5. The molecule has 0 spiro atoms. The van der Waals surface area contributed by atoms with Crippen LogP contribution in [0.15, 0.2) is 85.1 Å². The summed E-state index contributed by atoms with van der Waals surface area (Å²) in [5, 5.41) is 3.00. The van der Waals surface area contributed by atoms with Crippen LogP contribution in [0, 0.1) is 13.8 Å². The molecule has 0 saturated carbocycles. The quantitative estimate of drug-likeness (QED) is 0.258. The molecule has 0 aliphatic carbocycles. The number of aryl methyl sites for hydroxylation is 2. The molecule has 2 aromatic heterocycles. The van der Waals surface area contributed by atoms with Gasteiger partial charge in [-0.3, -0.25) is 4.79 Å². The summed E-state index contributed by atoms with van der Waals surface area (Å²) in [4.78, 5) is 38.7. The van der Waals surface area contributed by atoms with E-state index in [1.54, 1.807) is 30.3 Å². The summed E-state index contributed by atoms with van der Waals surface area (Å²) >= 11 is 5.80. The van der Waals surface area contributed by atoms with E-state index in [4.69, 9.17) is 26.3 Å². The van der Waals surface area contributed by atoms with Gasteiger partial charge in [0.05, 0.1) is 33.0 Å². The molecule has 0 unspecified atom stereocenters. The van der Waals surface area contributed by atoms with Crippen LogP contribution in [0.4, 0.5) is 5.82 Å². The summed E-state index contributed by atoms with van der Waals surface area (Å²) in [6.07, 6.45) is 1.41. The number of rotatable bonds is 6. The molecule has 8 heteroatoms. The van der Waals surface area contributed by atoms with Crippen molar-refractivity contribution in [1.29, 1.82) is 0 Å². The van der Waals surface area contributed by atoms with Gasteiger partial charge in [0.25, 0.3) is 5.91 Å². The number of nitrogens with zero attached hydrogens (tertiary/aromatic N) is 3. The minimum atomic E-state index is -0.646. The molecule has 0 saturated heterocycles. The van der Waals surface area contributed by atoms with Gasteiger partial charge in [0.2, 0.25) is 0 Å². The first-order valence-corrected chi connectivity index (χ1v) is 12.3. The number of benzene rings is 3. The molecule has 0 aliphatic rings. The second-order valence-electron chi connectivity index (χ2n) is 8.84. The predicted molar refractivity (Wildman–Crippen MR) is 148 cm³/mol. The number of fused-ring (bicyclic) bond motifs is 1. The van der Waals surface area contributed by atoms with Gasteiger partial charge >= 0.3 is 5.97 Å². The Morgan fingerprint density at radius 3 is 1.97 bits per heavy atom. The number of carbonyl (C=O) groups is 2. The van der Waals surface area contributed by atoms with Crippen LogP contribution in [0.1, 0.15) is 21.5 Å². The zero-order chi connectivity index (χ0) is 26.6. The highest BCUT2D eigenvalue weighted by Crippen LogP contribution is 2.31. The fraction of sp³-hybridized carbons (Fsp3) is 0.100. The molecule has 5 rings (SSSR count). The van der Waals surface area contributed by atoms with Gasteiger partial charge in [0, 0.05) is 17.3 Å². The standard InChI is InChI=1S/C30H23ClN4O3/c1-18-3-7-20(8-4-18)28-29(21-9-5-19(2)6-10-21)34-25-15-22(11-13-24(25)33-28)30(37)38-17-27(36)35-26-14-12-23(31)16-32-26/h3-16H,17H2,1-2H3,(H,32,35,36). The molecule has 3 aromatic carbocycles. The van der Waals surface area contributed by atoms with E-state index in [-0.39, 0.29) is 5.56 Å². The lowest BCUT2D eigenvalue weighted by Gasteiger charge is -2.12. The van der Waals surface area contributed by atoms with Gasteiger partial charge in [-0.15, -0.1) is 0 Å². The SMILES string of the molecule is Cc1ccc(-c2nc3ccc(C(=O)OCC(=O)Nc4ccc(Cl)cn4)cc3nc2-c2ccc(C)cc2)cc1. The van der Waals surface area contributed by atoms with Gasteiger partial charge in [0.1, 0.15) is 5.82 Å². The third-order valence-corrected chi connectivity index (χ3v) is 6.10. The number of anilines is 1. The fourth-order valence-electron chi connectivity index (χ4n) is 3.85. The highest BCUT2D eigenvalue weighted by molar-refractivity contribution is 6.30. The van der Waals surface area contributed by atoms with E-state index in [9.17, 15) is 9.59 Å². The van der Waals surface area contributed by atoms with Crippen molar-refractivity contribution in [3.05, 3.63) is 107 Å². The molecule has 0 aliphatic heterocycles. The van der Waals surface area contributed by atoms with E-state index in [1.165, 1.54) is 6.20 Å². The Bertz CT molecular complexity index is 1630. The number of ether oxygens (including phenoxy) is 1. The molecule has 0 radical (unpaired) electrons. The lowest BCUT2D eigenvalue weighted by atomic mass is 10.0. The van der Waals surface area contributed by atoms with Crippen molar-refractivity contribution in [3.63, 3.8) is 0 Å².